The van der Waals surface area contributed by atoms with Crippen molar-refractivity contribution in [2.75, 3.05) is 19.6 Å². The zero-order chi connectivity index (χ0) is 15.2. The molecular weight excluding hydrogens is 270 g/mol. The third-order valence-corrected chi connectivity index (χ3v) is 4.72. The highest BCUT2D eigenvalue weighted by Gasteiger charge is 2.17. The van der Waals surface area contributed by atoms with E-state index in [1.54, 1.807) is 0 Å². The number of hydrogen-bond acceptors (Lipinski definition) is 3. The van der Waals surface area contributed by atoms with Crippen LogP contribution in [-0.4, -0.2) is 35.6 Å². The van der Waals surface area contributed by atoms with Gasteiger partial charge in [0.25, 0.3) is 0 Å². The smallest absolute Gasteiger partial charge is 0.0346 e. The Balaban J connectivity index is 1.48. The average Bonchev–Trinajstić information content (AvgIpc) is 2.59. The summed E-state index contributed by atoms with van der Waals surface area (Å²) in [6.07, 6.45) is 8.99. The number of rotatable bonds is 6. The number of unbranched alkanes of at least 4 members (excludes halogenated alkanes) is 1. The van der Waals surface area contributed by atoms with E-state index in [2.05, 4.69) is 46.4 Å². The predicted molar refractivity (Wildman–Crippen MR) is 93.0 cm³/mol. The molecule has 22 heavy (non-hydrogen) atoms. The van der Waals surface area contributed by atoms with Crippen molar-refractivity contribution in [1.29, 1.82) is 0 Å². The monoisotopic (exact) mass is 297 g/mol. The van der Waals surface area contributed by atoms with Gasteiger partial charge in [0.15, 0.2) is 0 Å². The van der Waals surface area contributed by atoms with Crippen LogP contribution in [0.1, 0.15) is 38.2 Å². The van der Waals surface area contributed by atoms with Crippen LogP contribution in [0.25, 0.3) is 10.8 Å². The highest BCUT2D eigenvalue weighted by atomic mass is 15.1. The van der Waals surface area contributed by atoms with Crippen LogP contribution in [0, 0.1) is 0 Å². The highest BCUT2D eigenvalue weighted by molar-refractivity contribution is 5.81. The number of benzene rings is 1. The van der Waals surface area contributed by atoms with Crippen molar-refractivity contribution in [3.63, 3.8) is 0 Å². The van der Waals surface area contributed by atoms with Crippen LogP contribution in [0.15, 0.2) is 36.7 Å². The highest BCUT2D eigenvalue weighted by Crippen LogP contribution is 2.16. The Morgan fingerprint density at radius 2 is 2.05 bits per heavy atom. The number of fused-ring (bicyclic) bond motifs is 1. The Hall–Kier alpha value is -1.45. The molecule has 2 aromatic rings. The second kappa shape index (κ2) is 7.70. The molecule has 0 unspecified atom stereocenters. The standard InChI is InChI=1S/C19H27N3/c1-2-3-10-22-11-7-19(8-12-22)21-14-16-4-5-18-15-20-9-6-17(18)13-16/h4-6,9,13,15,19,21H,2-3,7-8,10-12,14H2,1H3. The largest absolute Gasteiger partial charge is 0.310 e. The van der Waals surface area contributed by atoms with Gasteiger partial charge in [0.1, 0.15) is 0 Å². The minimum Gasteiger partial charge on any atom is -0.310 e. The van der Waals surface area contributed by atoms with E-state index in [0.717, 1.165) is 6.54 Å². The SMILES string of the molecule is CCCCN1CCC(NCc2ccc3cnccc3c2)CC1. The molecule has 0 aliphatic carbocycles. The lowest BCUT2D eigenvalue weighted by molar-refractivity contribution is 0.195. The van der Waals surface area contributed by atoms with Gasteiger partial charge < -0.3 is 10.2 Å². The lowest BCUT2D eigenvalue weighted by Gasteiger charge is -2.32. The minimum absolute atomic E-state index is 0.672. The molecule has 0 amide bonds. The van der Waals surface area contributed by atoms with Crippen LogP contribution in [0.2, 0.25) is 0 Å². The molecule has 1 saturated heterocycles. The normalized spacial score (nSPS) is 17.1. The maximum absolute atomic E-state index is 4.17. The van der Waals surface area contributed by atoms with E-state index in [-0.39, 0.29) is 0 Å². The molecule has 3 nitrogen and oxygen atoms in total. The first-order valence-electron chi connectivity index (χ1n) is 8.63. The summed E-state index contributed by atoms with van der Waals surface area (Å²) in [5.74, 6) is 0. The first-order valence-corrected chi connectivity index (χ1v) is 8.63. The molecule has 1 aromatic heterocycles. The van der Waals surface area contributed by atoms with Gasteiger partial charge in [0.2, 0.25) is 0 Å². The van der Waals surface area contributed by atoms with Crippen LogP contribution in [0.4, 0.5) is 0 Å². The van der Waals surface area contributed by atoms with Gasteiger partial charge in [-0.25, -0.2) is 0 Å². The van der Waals surface area contributed by atoms with Crippen molar-refractivity contribution in [3.05, 3.63) is 42.2 Å². The molecule has 1 aliphatic rings. The second-order valence-electron chi connectivity index (χ2n) is 6.41. The summed E-state index contributed by atoms with van der Waals surface area (Å²) in [5, 5.41) is 6.24. The van der Waals surface area contributed by atoms with Crippen LogP contribution >= 0.6 is 0 Å². The number of hydrogen-bond donors (Lipinski definition) is 1. The van der Waals surface area contributed by atoms with E-state index >= 15 is 0 Å². The Labute approximate surface area is 133 Å². The third-order valence-electron chi connectivity index (χ3n) is 4.72. The molecule has 0 radical (unpaired) electrons. The molecule has 1 fully saturated rings. The molecule has 3 heteroatoms. The number of nitrogens with one attached hydrogen (secondary N) is 1. The van der Waals surface area contributed by atoms with Gasteiger partial charge in [-0.2, -0.15) is 0 Å². The molecule has 0 saturated carbocycles. The number of nitrogens with zero attached hydrogens (tertiary/aromatic N) is 2. The summed E-state index contributed by atoms with van der Waals surface area (Å²) in [5.41, 5.74) is 1.37. The Bertz CT molecular complexity index is 588. The van der Waals surface area contributed by atoms with Crippen LogP contribution < -0.4 is 5.32 Å². The first-order chi connectivity index (χ1) is 10.8. The molecule has 0 bridgehead atoms. The second-order valence-corrected chi connectivity index (χ2v) is 6.41. The Morgan fingerprint density at radius 1 is 1.18 bits per heavy atom. The molecular formula is C19H27N3. The van der Waals surface area contributed by atoms with E-state index in [4.69, 9.17) is 0 Å². The van der Waals surface area contributed by atoms with Gasteiger partial charge in [-0.3, -0.25) is 4.98 Å². The quantitative estimate of drug-likeness (QED) is 0.883. The fourth-order valence-corrected chi connectivity index (χ4v) is 3.25. The number of piperidine rings is 1. The van der Waals surface area contributed by atoms with E-state index in [1.165, 1.54) is 61.7 Å². The Morgan fingerprint density at radius 3 is 2.86 bits per heavy atom. The van der Waals surface area contributed by atoms with Crippen molar-refractivity contribution < 1.29 is 0 Å². The van der Waals surface area contributed by atoms with Crippen LogP contribution in [-0.2, 0) is 6.54 Å². The molecule has 2 heterocycles. The lowest BCUT2D eigenvalue weighted by atomic mass is 10.0. The molecule has 0 spiro atoms. The lowest BCUT2D eigenvalue weighted by Crippen LogP contribution is -2.42. The molecule has 1 aliphatic heterocycles. The van der Waals surface area contributed by atoms with Crippen molar-refractivity contribution in [2.24, 2.45) is 0 Å². The maximum atomic E-state index is 4.17. The molecule has 3 rings (SSSR count). The predicted octanol–water partition coefficient (Wildman–Crippen LogP) is 3.59. The molecule has 0 atom stereocenters. The zero-order valence-electron chi connectivity index (χ0n) is 13.6. The van der Waals surface area contributed by atoms with Gasteiger partial charge >= 0.3 is 0 Å². The van der Waals surface area contributed by atoms with Crippen molar-refractivity contribution >= 4 is 10.8 Å². The van der Waals surface area contributed by atoms with Crippen LogP contribution in [0.3, 0.4) is 0 Å². The number of likely N-dealkylation sites (tertiary alicyclic amines) is 1. The molecule has 1 N–H and O–H groups in total. The van der Waals surface area contributed by atoms with Gasteiger partial charge in [-0.05, 0) is 62.0 Å². The number of aromatic nitrogens is 1. The average molecular weight is 297 g/mol. The van der Waals surface area contributed by atoms with E-state index < -0.39 is 0 Å². The van der Waals surface area contributed by atoms with Gasteiger partial charge in [0.05, 0.1) is 0 Å². The molecule has 118 valence electrons. The van der Waals surface area contributed by atoms with E-state index in [0.29, 0.717) is 6.04 Å². The van der Waals surface area contributed by atoms with Crippen molar-refractivity contribution in [2.45, 2.75) is 45.2 Å². The summed E-state index contributed by atoms with van der Waals surface area (Å²) in [6, 6.07) is 9.43. The van der Waals surface area contributed by atoms with Crippen molar-refractivity contribution in [3.8, 4) is 0 Å². The van der Waals surface area contributed by atoms with E-state index in [9.17, 15) is 0 Å². The summed E-state index contributed by atoms with van der Waals surface area (Å²) < 4.78 is 0. The van der Waals surface area contributed by atoms with Gasteiger partial charge in [0, 0.05) is 30.4 Å². The summed E-state index contributed by atoms with van der Waals surface area (Å²) in [6.45, 7) is 7.02. The fraction of sp³-hybridized carbons (Fsp3) is 0.526. The maximum Gasteiger partial charge on any atom is 0.0346 e. The minimum atomic E-state index is 0.672. The van der Waals surface area contributed by atoms with E-state index in [1.807, 2.05) is 12.4 Å². The fourth-order valence-electron chi connectivity index (χ4n) is 3.25. The number of pyridine rings is 1. The van der Waals surface area contributed by atoms with Crippen LogP contribution in [0.5, 0.6) is 0 Å². The first kappa shape index (κ1) is 15.4. The van der Waals surface area contributed by atoms with Gasteiger partial charge in [-0.15, -0.1) is 0 Å². The molecule has 1 aromatic carbocycles. The zero-order valence-corrected chi connectivity index (χ0v) is 13.6. The summed E-state index contributed by atoms with van der Waals surface area (Å²) >= 11 is 0. The summed E-state index contributed by atoms with van der Waals surface area (Å²) in [4.78, 5) is 6.79. The topological polar surface area (TPSA) is 28.2 Å². The Kier molecular flexibility index (Phi) is 5.41. The van der Waals surface area contributed by atoms with Gasteiger partial charge in [-0.1, -0.05) is 25.5 Å². The van der Waals surface area contributed by atoms with Crippen molar-refractivity contribution in [1.82, 2.24) is 15.2 Å². The summed E-state index contributed by atoms with van der Waals surface area (Å²) in [7, 11) is 0. The third kappa shape index (κ3) is 4.05.